The van der Waals surface area contributed by atoms with Crippen LogP contribution >= 0.6 is 11.6 Å². The summed E-state index contributed by atoms with van der Waals surface area (Å²) in [6.45, 7) is 5.85. The lowest BCUT2D eigenvalue weighted by molar-refractivity contribution is 0.160. The number of nitrogens with one attached hydrogen (secondary N) is 1. The Labute approximate surface area is 114 Å². The van der Waals surface area contributed by atoms with Crippen molar-refractivity contribution in [2.45, 2.75) is 18.9 Å². The van der Waals surface area contributed by atoms with E-state index in [0.29, 0.717) is 12.6 Å². The van der Waals surface area contributed by atoms with Crippen LogP contribution in [-0.2, 0) is 4.74 Å². The first-order chi connectivity index (χ1) is 8.81. The van der Waals surface area contributed by atoms with Gasteiger partial charge >= 0.3 is 0 Å². The number of ether oxygens (including phenoxy) is 1. The molecule has 0 saturated heterocycles. The molecular formula is C15H20ClNO. The van der Waals surface area contributed by atoms with Crippen molar-refractivity contribution in [3.05, 3.63) is 47.5 Å². The van der Waals surface area contributed by atoms with E-state index >= 15 is 0 Å². The molecule has 1 fully saturated rings. The van der Waals surface area contributed by atoms with Crippen molar-refractivity contribution >= 4 is 11.6 Å². The lowest BCUT2D eigenvalue weighted by Crippen LogP contribution is -2.26. The third-order valence-electron chi connectivity index (χ3n) is 3.17. The number of halogens is 1. The highest BCUT2D eigenvalue weighted by Crippen LogP contribution is 2.41. The smallest absolute Gasteiger partial charge is 0.0645 e. The normalized spacial score (nSPS) is 16.5. The fourth-order valence-corrected chi connectivity index (χ4v) is 2.24. The van der Waals surface area contributed by atoms with Crippen LogP contribution in [0.5, 0.6) is 0 Å². The van der Waals surface area contributed by atoms with Crippen LogP contribution in [-0.4, -0.2) is 19.8 Å². The molecule has 3 heteroatoms. The third kappa shape index (κ3) is 4.13. The van der Waals surface area contributed by atoms with Gasteiger partial charge in [0.05, 0.1) is 13.2 Å². The monoisotopic (exact) mass is 265 g/mol. The molecule has 1 aliphatic carbocycles. The van der Waals surface area contributed by atoms with Gasteiger partial charge in [0.2, 0.25) is 0 Å². The summed E-state index contributed by atoms with van der Waals surface area (Å²) in [5, 5.41) is 4.37. The summed E-state index contributed by atoms with van der Waals surface area (Å²) in [4.78, 5) is 0. The Morgan fingerprint density at radius 2 is 2.11 bits per heavy atom. The summed E-state index contributed by atoms with van der Waals surface area (Å²) < 4.78 is 5.39. The van der Waals surface area contributed by atoms with Gasteiger partial charge in [0.1, 0.15) is 0 Å². The highest BCUT2D eigenvalue weighted by Gasteiger charge is 2.31. The van der Waals surface area contributed by atoms with Crippen LogP contribution in [0.3, 0.4) is 0 Å². The van der Waals surface area contributed by atoms with Crippen LogP contribution < -0.4 is 5.32 Å². The molecular weight excluding hydrogens is 246 g/mol. The Kier molecular flexibility index (Phi) is 5.24. The molecule has 1 unspecified atom stereocenters. The first-order valence-corrected chi connectivity index (χ1v) is 6.86. The minimum absolute atomic E-state index is 0.439. The van der Waals surface area contributed by atoms with Gasteiger partial charge in [-0.15, -0.1) is 6.58 Å². The van der Waals surface area contributed by atoms with Crippen molar-refractivity contribution in [2.75, 3.05) is 19.8 Å². The van der Waals surface area contributed by atoms with E-state index in [9.17, 15) is 0 Å². The zero-order valence-corrected chi connectivity index (χ0v) is 11.3. The molecule has 1 N–H and O–H groups in total. The molecule has 1 atom stereocenters. The SMILES string of the molecule is C=CCOCCNC(c1ccc(Cl)cc1)C1CC1. The summed E-state index contributed by atoms with van der Waals surface area (Å²) in [5.41, 5.74) is 1.32. The van der Waals surface area contributed by atoms with Gasteiger partial charge in [-0.05, 0) is 36.5 Å². The predicted octanol–water partition coefficient (Wildman–Crippen LogP) is 3.58. The molecule has 2 rings (SSSR count). The first kappa shape index (κ1) is 13.6. The van der Waals surface area contributed by atoms with Crippen LogP contribution in [0.2, 0.25) is 5.02 Å². The van der Waals surface area contributed by atoms with Crippen LogP contribution in [0.4, 0.5) is 0 Å². The minimum atomic E-state index is 0.439. The molecule has 0 bridgehead atoms. The Hall–Kier alpha value is -0.830. The van der Waals surface area contributed by atoms with Crippen LogP contribution in [0, 0.1) is 5.92 Å². The summed E-state index contributed by atoms with van der Waals surface area (Å²) in [7, 11) is 0. The maximum Gasteiger partial charge on any atom is 0.0645 e. The van der Waals surface area contributed by atoms with Gasteiger partial charge in [-0.25, -0.2) is 0 Å². The van der Waals surface area contributed by atoms with Crippen LogP contribution in [0.1, 0.15) is 24.4 Å². The van der Waals surface area contributed by atoms with Crippen molar-refractivity contribution in [3.8, 4) is 0 Å². The lowest BCUT2D eigenvalue weighted by atomic mass is 10.0. The molecule has 1 aromatic rings. The van der Waals surface area contributed by atoms with E-state index < -0.39 is 0 Å². The second kappa shape index (κ2) is 6.93. The zero-order valence-electron chi connectivity index (χ0n) is 10.6. The van der Waals surface area contributed by atoms with Crippen LogP contribution in [0.25, 0.3) is 0 Å². The molecule has 1 saturated carbocycles. The molecule has 18 heavy (non-hydrogen) atoms. The van der Waals surface area contributed by atoms with Crippen molar-refractivity contribution < 1.29 is 4.74 Å². The van der Waals surface area contributed by atoms with Crippen molar-refractivity contribution in [2.24, 2.45) is 5.92 Å². The van der Waals surface area contributed by atoms with E-state index in [1.165, 1.54) is 18.4 Å². The predicted molar refractivity (Wildman–Crippen MR) is 75.9 cm³/mol. The largest absolute Gasteiger partial charge is 0.376 e. The fourth-order valence-electron chi connectivity index (χ4n) is 2.11. The summed E-state index contributed by atoms with van der Waals surface area (Å²) in [6, 6.07) is 8.59. The van der Waals surface area contributed by atoms with E-state index in [2.05, 4.69) is 24.0 Å². The zero-order chi connectivity index (χ0) is 12.8. The van der Waals surface area contributed by atoms with Crippen LogP contribution in [0.15, 0.2) is 36.9 Å². The maximum atomic E-state index is 5.92. The maximum absolute atomic E-state index is 5.92. The van der Waals surface area contributed by atoms with Gasteiger partial charge in [-0.1, -0.05) is 29.8 Å². The molecule has 0 aliphatic heterocycles. The van der Waals surface area contributed by atoms with E-state index in [1.54, 1.807) is 6.08 Å². The average molecular weight is 266 g/mol. The Morgan fingerprint density at radius 3 is 2.72 bits per heavy atom. The summed E-state index contributed by atoms with van der Waals surface area (Å²) >= 11 is 5.92. The topological polar surface area (TPSA) is 21.3 Å². The van der Waals surface area contributed by atoms with Crippen molar-refractivity contribution in [3.63, 3.8) is 0 Å². The van der Waals surface area contributed by atoms with Gasteiger partial charge in [0, 0.05) is 17.6 Å². The molecule has 0 heterocycles. The quantitative estimate of drug-likeness (QED) is 0.573. The average Bonchev–Trinajstić information content (AvgIpc) is 3.20. The molecule has 0 radical (unpaired) electrons. The van der Waals surface area contributed by atoms with Gasteiger partial charge in [0.15, 0.2) is 0 Å². The first-order valence-electron chi connectivity index (χ1n) is 6.48. The number of hydrogen-bond donors (Lipinski definition) is 1. The highest BCUT2D eigenvalue weighted by atomic mass is 35.5. The summed E-state index contributed by atoms with van der Waals surface area (Å²) in [6.07, 6.45) is 4.40. The van der Waals surface area contributed by atoms with Crippen molar-refractivity contribution in [1.82, 2.24) is 5.32 Å². The number of benzene rings is 1. The third-order valence-corrected chi connectivity index (χ3v) is 3.42. The summed E-state index contributed by atoms with van der Waals surface area (Å²) in [5.74, 6) is 0.769. The molecule has 0 aromatic heterocycles. The van der Waals surface area contributed by atoms with E-state index in [4.69, 9.17) is 16.3 Å². The fraction of sp³-hybridized carbons (Fsp3) is 0.467. The Balaban J connectivity index is 1.84. The lowest BCUT2D eigenvalue weighted by Gasteiger charge is -2.18. The second-order valence-electron chi connectivity index (χ2n) is 4.68. The minimum Gasteiger partial charge on any atom is -0.376 e. The van der Waals surface area contributed by atoms with Gasteiger partial charge in [-0.3, -0.25) is 0 Å². The molecule has 1 aliphatic rings. The van der Waals surface area contributed by atoms with Gasteiger partial charge < -0.3 is 10.1 Å². The highest BCUT2D eigenvalue weighted by molar-refractivity contribution is 6.30. The molecule has 0 amide bonds. The van der Waals surface area contributed by atoms with Crippen molar-refractivity contribution in [1.29, 1.82) is 0 Å². The Morgan fingerprint density at radius 1 is 1.39 bits per heavy atom. The molecule has 98 valence electrons. The molecule has 2 nitrogen and oxygen atoms in total. The number of hydrogen-bond acceptors (Lipinski definition) is 2. The Bertz CT molecular complexity index is 373. The standard InChI is InChI=1S/C15H20ClNO/c1-2-10-18-11-9-17-15(12-3-4-12)13-5-7-14(16)8-6-13/h2,5-8,12,15,17H,1,3-4,9-11H2. The second-order valence-corrected chi connectivity index (χ2v) is 5.12. The van der Waals surface area contributed by atoms with E-state index in [-0.39, 0.29) is 0 Å². The van der Waals surface area contributed by atoms with Gasteiger partial charge in [-0.2, -0.15) is 0 Å². The van der Waals surface area contributed by atoms with E-state index in [1.807, 2.05) is 12.1 Å². The van der Waals surface area contributed by atoms with E-state index in [0.717, 1.165) is 24.1 Å². The molecule has 1 aromatic carbocycles. The number of rotatable bonds is 8. The van der Waals surface area contributed by atoms with Gasteiger partial charge in [0.25, 0.3) is 0 Å². The molecule has 0 spiro atoms.